The largest absolute Gasteiger partial charge is 0.573 e. The van der Waals surface area contributed by atoms with E-state index in [1.54, 1.807) is 0 Å². The average Bonchev–Trinajstić information content (AvgIpc) is 2.33. The summed E-state index contributed by atoms with van der Waals surface area (Å²) in [5, 5.41) is 5.62. The monoisotopic (exact) mass is 290 g/mol. The van der Waals surface area contributed by atoms with Gasteiger partial charge < -0.3 is 15.4 Å². The fourth-order valence-corrected chi connectivity index (χ4v) is 1.37. The lowest BCUT2D eigenvalue weighted by molar-refractivity contribution is -0.274. The molecule has 0 aliphatic rings. The number of benzene rings is 1. The van der Waals surface area contributed by atoms with E-state index in [4.69, 9.17) is 0 Å². The second kappa shape index (κ2) is 7.14. The second-order valence-corrected chi connectivity index (χ2v) is 4.50. The molecule has 0 bridgehead atoms. The lowest BCUT2D eigenvalue weighted by Crippen LogP contribution is -2.36. The van der Waals surface area contributed by atoms with Crippen LogP contribution in [0.3, 0.4) is 0 Å². The van der Waals surface area contributed by atoms with Crippen molar-refractivity contribution in [1.29, 1.82) is 0 Å². The Hall–Kier alpha value is -1.76. The van der Waals surface area contributed by atoms with Crippen molar-refractivity contribution in [2.75, 3.05) is 6.54 Å². The van der Waals surface area contributed by atoms with E-state index in [1.807, 2.05) is 13.8 Å². The van der Waals surface area contributed by atoms with Crippen molar-refractivity contribution in [3.63, 3.8) is 0 Å². The van der Waals surface area contributed by atoms with Crippen molar-refractivity contribution in [2.45, 2.75) is 32.8 Å². The average molecular weight is 290 g/mol. The molecule has 7 heteroatoms. The Kier molecular flexibility index (Phi) is 5.82. The van der Waals surface area contributed by atoms with Gasteiger partial charge in [-0.1, -0.05) is 26.0 Å². The van der Waals surface area contributed by atoms with Gasteiger partial charge in [-0.15, -0.1) is 13.2 Å². The predicted molar refractivity (Wildman–Crippen MR) is 68.1 cm³/mol. The van der Waals surface area contributed by atoms with Crippen LogP contribution in [0.1, 0.15) is 19.4 Å². The fraction of sp³-hybridized carbons (Fsp3) is 0.462. The standard InChI is InChI=1S/C13H17F3N2O2/c1-9(2)17-8-12(19)18-7-10-3-5-11(6-4-10)20-13(14,15)16/h3-6,9,17H,7-8H2,1-2H3,(H,18,19). The molecule has 20 heavy (non-hydrogen) atoms. The molecule has 2 N–H and O–H groups in total. The number of hydrogen-bond donors (Lipinski definition) is 2. The van der Waals surface area contributed by atoms with Crippen LogP contribution in [0.2, 0.25) is 0 Å². The Bertz CT molecular complexity index is 430. The summed E-state index contributed by atoms with van der Waals surface area (Å²) in [5.74, 6) is -0.455. The third-order valence-electron chi connectivity index (χ3n) is 2.32. The van der Waals surface area contributed by atoms with Crippen LogP contribution in [-0.2, 0) is 11.3 Å². The molecule has 1 amide bonds. The van der Waals surface area contributed by atoms with Gasteiger partial charge in [0.15, 0.2) is 0 Å². The second-order valence-electron chi connectivity index (χ2n) is 4.50. The molecule has 4 nitrogen and oxygen atoms in total. The molecule has 0 unspecified atom stereocenters. The maximum atomic E-state index is 12.0. The molecule has 1 aromatic carbocycles. The summed E-state index contributed by atoms with van der Waals surface area (Å²) in [7, 11) is 0. The van der Waals surface area contributed by atoms with Crippen molar-refractivity contribution >= 4 is 5.91 Å². The van der Waals surface area contributed by atoms with Crippen LogP contribution in [0.25, 0.3) is 0 Å². The number of halogens is 3. The first kappa shape index (κ1) is 16.3. The van der Waals surface area contributed by atoms with Gasteiger partial charge in [0.1, 0.15) is 5.75 Å². The molecule has 0 aliphatic heterocycles. The van der Waals surface area contributed by atoms with Gasteiger partial charge in [-0.25, -0.2) is 0 Å². The fourth-order valence-electron chi connectivity index (χ4n) is 1.37. The number of alkyl halides is 3. The van der Waals surface area contributed by atoms with Crippen LogP contribution in [0.5, 0.6) is 5.75 Å². The first-order chi connectivity index (χ1) is 9.26. The van der Waals surface area contributed by atoms with E-state index in [9.17, 15) is 18.0 Å². The zero-order valence-corrected chi connectivity index (χ0v) is 11.3. The van der Waals surface area contributed by atoms with Crippen molar-refractivity contribution in [2.24, 2.45) is 0 Å². The number of ether oxygens (including phenoxy) is 1. The molecule has 1 aromatic rings. The van der Waals surface area contributed by atoms with Crippen LogP contribution in [0.4, 0.5) is 13.2 Å². The SMILES string of the molecule is CC(C)NCC(=O)NCc1ccc(OC(F)(F)F)cc1. The van der Waals surface area contributed by atoms with Gasteiger partial charge in [-0.05, 0) is 17.7 Å². The van der Waals surface area contributed by atoms with E-state index < -0.39 is 6.36 Å². The number of rotatable bonds is 6. The van der Waals surface area contributed by atoms with Crippen LogP contribution >= 0.6 is 0 Å². The summed E-state index contributed by atoms with van der Waals surface area (Å²) in [6.07, 6.45) is -4.70. The number of amides is 1. The zero-order valence-electron chi connectivity index (χ0n) is 11.3. The van der Waals surface area contributed by atoms with Crippen LogP contribution in [-0.4, -0.2) is 24.9 Å². The number of carbonyl (C=O) groups is 1. The molecule has 0 spiro atoms. The molecule has 0 aliphatic carbocycles. The van der Waals surface area contributed by atoms with Gasteiger partial charge in [-0.3, -0.25) is 4.79 Å². The molecule has 112 valence electrons. The smallest absolute Gasteiger partial charge is 0.406 e. The summed E-state index contributed by atoms with van der Waals surface area (Å²) >= 11 is 0. The van der Waals surface area contributed by atoms with Gasteiger partial charge in [0.25, 0.3) is 0 Å². The molecule has 0 heterocycles. The Morgan fingerprint density at radius 3 is 2.35 bits per heavy atom. The molecule has 0 aromatic heterocycles. The minimum Gasteiger partial charge on any atom is -0.406 e. The van der Waals surface area contributed by atoms with Gasteiger partial charge in [0.05, 0.1) is 6.54 Å². The first-order valence-electron chi connectivity index (χ1n) is 6.11. The van der Waals surface area contributed by atoms with Gasteiger partial charge in [-0.2, -0.15) is 0 Å². The van der Waals surface area contributed by atoms with E-state index in [0.717, 1.165) is 0 Å². The Balaban J connectivity index is 2.40. The van der Waals surface area contributed by atoms with E-state index >= 15 is 0 Å². The van der Waals surface area contributed by atoms with Gasteiger partial charge >= 0.3 is 6.36 Å². The van der Waals surface area contributed by atoms with Crippen molar-refractivity contribution in [1.82, 2.24) is 10.6 Å². The van der Waals surface area contributed by atoms with Crippen LogP contribution < -0.4 is 15.4 Å². The molecule has 0 saturated heterocycles. The molecular weight excluding hydrogens is 273 g/mol. The van der Waals surface area contributed by atoms with Crippen molar-refractivity contribution < 1.29 is 22.7 Å². The number of nitrogens with one attached hydrogen (secondary N) is 2. The summed E-state index contributed by atoms with van der Waals surface area (Å²) in [6, 6.07) is 5.57. The van der Waals surface area contributed by atoms with Gasteiger partial charge in [0.2, 0.25) is 5.91 Å². The van der Waals surface area contributed by atoms with E-state index in [2.05, 4.69) is 15.4 Å². The highest BCUT2D eigenvalue weighted by atomic mass is 19.4. The Morgan fingerprint density at radius 2 is 1.85 bits per heavy atom. The lowest BCUT2D eigenvalue weighted by atomic mass is 10.2. The topological polar surface area (TPSA) is 50.4 Å². The number of hydrogen-bond acceptors (Lipinski definition) is 3. The predicted octanol–water partition coefficient (Wildman–Crippen LogP) is 2.20. The Labute approximate surface area is 115 Å². The quantitative estimate of drug-likeness (QED) is 0.844. The minimum atomic E-state index is -4.70. The third-order valence-corrected chi connectivity index (χ3v) is 2.32. The minimum absolute atomic E-state index is 0.172. The van der Waals surface area contributed by atoms with Crippen LogP contribution in [0.15, 0.2) is 24.3 Å². The third kappa shape index (κ3) is 6.98. The van der Waals surface area contributed by atoms with Gasteiger partial charge in [0, 0.05) is 12.6 Å². The van der Waals surface area contributed by atoms with Crippen molar-refractivity contribution in [3.05, 3.63) is 29.8 Å². The van der Waals surface area contributed by atoms with E-state index in [0.29, 0.717) is 5.56 Å². The molecule has 1 rings (SSSR count). The molecular formula is C13H17F3N2O2. The first-order valence-corrected chi connectivity index (χ1v) is 6.11. The Morgan fingerprint density at radius 1 is 1.25 bits per heavy atom. The highest BCUT2D eigenvalue weighted by Crippen LogP contribution is 2.22. The zero-order chi connectivity index (χ0) is 15.2. The number of carbonyl (C=O) groups excluding carboxylic acids is 1. The molecule has 0 fully saturated rings. The molecule has 0 radical (unpaired) electrons. The molecule has 0 atom stereocenters. The highest BCUT2D eigenvalue weighted by molar-refractivity contribution is 5.77. The van der Waals surface area contributed by atoms with Crippen LogP contribution in [0, 0.1) is 0 Å². The maximum Gasteiger partial charge on any atom is 0.573 e. The molecule has 0 saturated carbocycles. The lowest BCUT2D eigenvalue weighted by Gasteiger charge is -2.10. The van der Waals surface area contributed by atoms with E-state index in [1.165, 1.54) is 24.3 Å². The van der Waals surface area contributed by atoms with E-state index in [-0.39, 0.29) is 30.8 Å². The normalized spacial score (nSPS) is 11.5. The summed E-state index contributed by atoms with van der Waals surface area (Å²) in [6.45, 7) is 4.30. The summed E-state index contributed by atoms with van der Waals surface area (Å²) < 4.78 is 39.6. The highest BCUT2D eigenvalue weighted by Gasteiger charge is 2.30. The summed E-state index contributed by atoms with van der Waals surface area (Å²) in [4.78, 5) is 11.4. The summed E-state index contributed by atoms with van der Waals surface area (Å²) in [5.41, 5.74) is 0.692. The van der Waals surface area contributed by atoms with Crippen molar-refractivity contribution in [3.8, 4) is 5.75 Å². The maximum absolute atomic E-state index is 12.0.